The van der Waals surface area contributed by atoms with Gasteiger partial charge in [-0.1, -0.05) is 0 Å². The lowest BCUT2D eigenvalue weighted by atomic mass is 10.2. The second-order valence-corrected chi connectivity index (χ2v) is 7.34. The molecule has 174 valence electrons. The Labute approximate surface area is 196 Å². The molecule has 0 unspecified atom stereocenters. The highest BCUT2D eigenvalue weighted by molar-refractivity contribution is 5.99. The van der Waals surface area contributed by atoms with E-state index in [9.17, 15) is 4.79 Å². The monoisotopic (exact) mass is 460 g/mol. The highest BCUT2D eigenvalue weighted by Crippen LogP contribution is 2.30. The number of carbonyl (C=O) groups is 1. The molecule has 2 amide bonds. The summed E-state index contributed by atoms with van der Waals surface area (Å²) in [4.78, 5) is 12.3. The van der Waals surface area contributed by atoms with Gasteiger partial charge in [0.25, 0.3) is 0 Å². The van der Waals surface area contributed by atoms with E-state index in [2.05, 4.69) is 25.9 Å². The van der Waals surface area contributed by atoms with Gasteiger partial charge in [-0.2, -0.15) is 5.10 Å². The van der Waals surface area contributed by atoms with Crippen molar-refractivity contribution in [2.75, 3.05) is 24.9 Å². The van der Waals surface area contributed by atoms with E-state index in [1.165, 1.54) is 7.11 Å². The Morgan fingerprint density at radius 3 is 2.15 bits per heavy atom. The first kappa shape index (κ1) is 22.6. The molecule has 0 bridgehead atoms. The fourth-order valence-electron chi connectivity index (χ4n) is 3.28. The third-order valence-corrected chi connectivity index (χ3v) is 4.83. The summed E-state index contributed by atoms with van der Waals surface area (Å²) in [6.45, 7) is 3.88. The van der Waals surface area contributed by atoms with Crippen LogP contribution in [0.1, 0.15) is 11.4 Å². The molecule has 2 heterocycles. The summed E-state index contributed by atoms with van der Waals surface area (Å²) in [6, 6.07) is 17.1. The first-order valence-electron chi connectivity index (χ1n) is 10.4. The fourth-order valence-corrected chi connectivity index (χ4v) is 3.28. The van der Waals surface area contributed by atoms with Crippen LogP contribution in [0.5, 0.6) is 23.1 Å². The molecule has 4 rings (SSSR count). The molecule has 34 heavy (non-hydrogen) atoms. The average molecular weight is 460 g/mol. The van der Waals surface area contributed by atoms with Crippen molar-refractivity contribution in [2.24, 2.45) is 0 Å². The summed E-state index contributed by atoms with van der Waals surface area (Å²) in [6.07, 6.45) is 0. The Hall–Kier alpha value is -4.60. The second kappa shape index (κ2) is 9.90. The number of nitrogens with one attached hydrogen (secondary N) is 2. The summed E-state index contributed by atoms with van der Waals surface area (Å²) in [5, 5.41) is 18.2. The van der Waals surface area contributed by atoms with Crippen LogP contribution in [0.15, 0.2) is 60.7 Å². The van der Waals surface area contributed by atoms with E-state index in [-0.39, 0.29) is 0 Å². The van der Waals surface area contributed by atoms with Crippen molar-refractivity contribution in [3.8, 4) is 28.9 Å². The number of nitrogens with zero attached hydrogens (tertiary/aromatic N) is 4. The van der Waals surface area contributed by atoms with Crippen LogP contribution < -0.4 is 24.8 Å². The highest BCUT2D eigenvalue weighted by atomic mass is 16.5. The third kappa shape index (κ3) is 5.23. The lowest BCUT2D eigenvalue weighted by Gasteiger charge is -2.11. The zero-order valence-electron chi connectivity index (χ0n) is 19.2. The number of aromatic nitrogens is 4. The Morgan fingerprint density at radius 1 is 0.824 bits per heavy atom. The minimum Gasteiger partial charge on any atom is -0.493 e. The molecular weight excluding hydrogens is 436 g/mol. The van der Waals surface area contributed by atoms with E-state index in [1.807, 2.05) is 19.9 Å². The molecule has 0 atom stereocenters. The molecule has 0 saturated heterocycles. The van der Waals surface area contributed by atoms with E-state index in [0.29, 0.717) is 40.3 Å². The van der Waals surface area contributed by atoms with Gasteiger partial charge in [0.1, 0.15) is 5.75 Å². The fraction of sp³-hybridized carbons (Fsp3) is 0.167. The van der Waals surface area contributed by atoms with Crippen LogP contribution in [0.4, 0.5) is 16.2 Å². The molecule has 4 aromatic rings. The molecule has 0 aliphatic carbocycles. The minimum absolute atomic E-state index is 0.345. The molecule has 0 spiro atoms. The lowest BCUT2D eigenvalue weighted by Crippen LogP contribution is -2.19. The van der Waals surface area contributed by atoms with E-state index in [1.54, 1.807) is 66.4 Å². The number of amides is 2. The highest BCUT2D eigenvalue weighted by Gasteiger charge is 2.09. The van der Waals surface area contributed by atoms with Crippen LogP contribution >= 0.6 is 0 Å². The van der Waals surface area contributed by atoms with Crippen molar-refractivity contribution < 1.29 is 19.0 Å². The van der Waals surface area contributed by atoms with Crippen LogP contribution in [0.3, 0.4) is 0 Å². The average Bonchev–Trinajstić information content (AvgIpc) is 3.18. The van der Waals surface area contributed by atoms with Crippen molar-refractivity contribution in [3.63, 3.8) is 0 Å². The number of urea groups is 1. The van der Waals surface area contributed by atoms with Crippen LogP contribution in [0, 0.1) is 13.8 Å². The first-order valence-corrected chi connectivity index (χ1v) is 10.4. The van der Waals surface area contributed by atoms with Gasteiger partial charge in [-0.05, 0) is 62.4 Å². The van der Waals surface area contributed by atoms with E-state index < -0.39 is 6.03 Å². The largest absolute Gasteiger partial charge is 0.493 e. The summed E-state index contributed by atoms with van der Waals surface area (Å²) in [5.41, 5.74) is 3.04. The zero-order chi connectivity index (χ0) is 24.1. The maximum absolute atomic E-state index is 12.3. The normalized spacial score (nSPS) is 10.5. The number of hydrogen-bond donors (Lipinski definition) is 2. The van der Waals surface area contributed by atoms with Gasteiger partial charge in [0.15, 0.2) is 17.3 Å². The Bertz CT molecular complexity index is 1290. The van der Waals surface area contributed by atoms with Crippen molar-refractivity contribution in [1.29, 1.82) is 0 Å². The molecule has 0 saturated carbocycles. The Balaban J connectivity index is 1.35. The quantitative estimate of drug-likeness (QED) is 0.410. The molecule has 2 aromatic heterocycles. The summed E-state index contributed by atoms with van der Waals surface area (Å²) >= 11 is 0. The number of hydrogen-bond acceptors (Lipinski definition) is 7. The van der Waals surface area contributed by atoms with Gasteiger partial charge in [0.2, 0.25) is 5.88 Å². The number of ether oxygens (including phenoxy) is 3. The molecule has 2 aromatic carbocycles. The topological polar surface area (TPSA) is 112 Å². The van der Waals surface area contributed by atoms with Crippen molar-refractivity contribution in [1.82, 2.24) is 20.0 Å². The van der Waals surface area contributed by atoms with Crippen LogP contribution in [-0.2, 0) is 0 Å². The smallest absolute Gasteiger partial charge is 0.323 e. The van der Waals surface area contributed by atoms with Crippen LogP contribution in [0.2, 0.25) is 0 Å². The van der Waals surface area contributed by atoms with Gasteiger partial charge in [-0.25, -0.2) is 9.48 Å². The number of anilines is 2. The third-order valence-electron chi connectivity index (χ3n) is 4.83. The van der Waals surface area contributed by atoms with E-state index in [4.69, 9.17) is 14.2 Å². The van der Waals surface area contributed by atoms with Gasteiger partial charge in [0.05, 0.1) is 19.9 Å². The summed E-state index contributed by atoms with van der Waals surface area (Å²) < 4.78 is 17.9. The molecule has 0 aliphatic heterocycles. The SMILES string of the molecule is COc1ccc(NC(=O)Nc2ccc(Oc3ccc(-n4nc(C)cc4C)nn3)cc2)cc1OC. The molecule has 10 heteroatoms. The van der Waals surface area contributed by atoms with Gasteiger partial charge >= 0.3 is 6.03 Å². The maximum Gasteiger partial charge on any atom is 0.323 e. The summed E-state index contributed by atoms with van der Waals surface area (Å²) in [7, 11) is 3.09. The van der Waals surface area contributed by atoms with Gasteiger partial charge in [-0.3, -0.25) is 0 Å². The van der Waals surface area contributed by atoms with Gasteiger partial charge < -0.3 is 24.8 Å². The number of benzene rings is 2. The molecular formula is C24H24N6O4. The summed E-state index contributed by atoms with van der Waals surface area (Å²) in [5.74, 6) is 2.61. The number of carbonyl (C=O) groups excluding carboxylic acids is 1. The molecule has 0 radical (unpaired) electrons. The second-order valence-electron chi connectivity index (χ2n) is 7.34. The van der Waals surface area contributed by atoms with Crippen LogP contribution in [0.25, 0.3) is 5.82 Å². The van der Waals surface area contributed by atoms with E-state index in [0.717, 1.165) is 11.4 Å². The number of rotatable bonds is 7. The predicted molar refractivity (Wildman–Crippen MR) is 127 cm³/mol. The zero-order valence-corrected chi connectivity index (χ0v) is 19.2. The molecule has 10 nitrogen and oxygen atoms in total. The molecule has 0 fully saturated rings. The van der Waals surface area contributed by atoms with Crippen LogP contribution in [-0.4, -0.2) is 40.2 Å². The minimum atomic E-state index is -0.397. The lowest BCUT2D eigenvalue weighted by molar-refractivity contribution is 0.262. The molecule has 0 aliphatic rings. The number of methoxy groups -OCH3 is 2. The Morgan fingerprint density at radius 2 is 1.53 bits per heavy atom. The van der Waals surface area contributed by atoms with Crippen molar-refractivity contribution in [3.05, 3.63) is 72.1 Å². The maximum atomic E-state index is 12.3. The first-order chi connectivity index (χ1) is 16.4. The van der Waals surface area contributed by atoms with Crippen molar-refractivity contribution in [2.45, 2.75) is 13.8 Å². The standard InChI is InChI=1S/C24H24N6O4/c1-15-13-16(2)30(29-15)22-11-12-23(28-27-22)34-19-8-5-17(6-9-19)25-24(31)26-18-7-10-20(32-3)21(14-18)33-4/h5-14H,1-4H3,(H2,25,26,31). The number of aryl methyl sites for hydroxylation is 2. The predicted octanol–water partition coefficient (Wildman–Crippen LogP) is 4.73. The van der Waals surface area contributed by atoms with Gasteiger partial charge in [0, 0.05) is 29.2 Å². The van der Waals surface area contributed by atoms with Gasteiger partial charge in [-0.15, -0.1) is 10.2 Å². The van der Waals surface area contributed by atoms with E-state index >= 15 is 0 Å². The van der Waals surface area contributed by atoms with Crippen molar-refractivity contribution >= 4 is 17.4 Å². The Kier molecular flexibility index (Phi) is 6.58. The molecule has 2 N–H and O–H groups in total.